The van der Waals surface area contributed by atoms with Gasteiger partial charge in [0.15, 0.2) is 0 Å². The van der Waals surface area contributed by atoms with Crippen molar-refractivity contribution in [3.63, 3.8) is 0 Å². The van der Waals surface area contributed by atoms with E-state index in [-0.39, 0.29) is 6.79 Å². The minimum atomic E-state index is -0.385. The van der Waals surface area contributed by atoms with E-state index in [0.717, 1.165) is 0 Å². The molecule has 0 radical (unpaired) electrons. The number of oxime groups is 1. The van der Waals surface area contributed by atoms with Crippen molar-refractivity contribution < 1.29 is 9.94 Å². The van der Waals surface area contributed by atoms with E-state index in [1.807, 2.05) is 0 Å². The van der Waals surface area contributed by atoms with Crippen molar-refractivity contribution in [1.82, 2.24) is 0 Å². The van der Waals surface area contributed by atoms with Crippen LogP contribution in [-0.4, -0.2) is 18.6 Å². The Morgan fingerprint density at radius 3 is 2.60 bits per heavy atom. The molecule has 0 atom stereocenters. The first-order chi connectivity index (χ1) is 2.41. The molecule has 5 heavy (non-hydrogen) atoms. The Bertz CT molecular complexity index is 28.8. The van der Waals surface area contributed by atoms with E-state index >= 15 is 0 Å². The van der Waals surface area contributed by atoms with Gasteiger partial charge in [0, 0.05) is 6.72 Å². The average molecular weight is 75.1 g/mol. The van der Waals surface area contributed by atoms with E-state index in [1.165, 1.54) is 0 Å². The smallest absolute Gasteiger partial charge is 0.214 e. The summed E-state index contributed by atoms with van der Waals surface area (Å²) in [5, 5.41) is 10.6. The van der Waals surface area contributed by atoms with Crippen LogP contribution in [0.25, 0.3) is 0 Å². The summed E-state index contributed by atoms with van der Waals surface area (Å²) in [5.74, 6) is 0. The first-order valence-corrected chi connectivity index (χ1v) is 1.10. The Balaban J connectivity index is 2.40. The molecule has 1 N–H and O–H groups in total. The topological polar surface area (TPSA) is 41.8 Å². The zero-order valence-corrected chi connectivity index (χ0v) is 2.72. The van der Waals surface area contributed by atoms with Crippen LogP contribution in [0.5, 0.6) is 0 Å². The summed E-state index contributed by atoms with van der Waals surface area (Å²) in [4.78, 5) is 3.90. The summed E-state index contributed by atoms with van der Waals surface area (Å²) in [5.41, 5.74) is 0. The van der Waals surface area contributed by atoms with Gasteiger partial charge < -0.3 is 9.94 Å². The highest BCUT2D eigenvalue weighted by Gasteiger charge is 1.57. The molecule has 30 valence electrons. The first kappa shape index (κ1) is 4.43. The second-order valence-corrected chi connectivity index (χ2v) is 0.387. The lowest BCUT2D eigenvalue weighted by Gasteiger charge is -1.81. The number of hydrogen-bond acceptors (Lipinski definition) is 3. The predicted molar refractivity (Wildman–Crippen MR) is 17.7 cm³/mol. The fourth-order valence-electron chi connectivity index (χ4n) is 0.0408. The number of hydrogen-bond donors (Lipinski definition) is 1. The standard InChI is InChI=1S/C2H5NO2/c1-3-5-2-4/h4H,1-2H2. The van der Waals surface area contributed by atoms with Gasteiger partial charge in [-0.3, -0.25) is 0 Å². The number of nitrogens with zero attached hydrogens (tertiary/aromatic N) is 1. The third-order valence-electron chi connectivity index (χ3n) is 0.149. The Hall–Kier alpha value is -0.570. The minimum absolute atomic E-state index is 0.385. The fraction of sp³-hybridized carbons (Fsp3) is 0.500. The van der Waals surface area contributed by atoms with Crippen LogP contribution in [0.3, 0.4) is 0 Å². The van der Waals surface area contributed by atoms with Crippen molar-refractivity contribution in [3.05, 3.63) is 0 Å². The average Bonchev–Trinajstić information content (AvgIpc) is 1.41. The molecule has 3 heteroatoms. The van der Waals surface area contributed by atoms with Gasteiger partial charge in [-0.1, -0.05) is 0 Å². The predicted octanol–water partition coefficient (Wildman–Crippen LogP) is -0.432. The molecular formula is C2H5NO2. The molecule has 0 spiro atoms. The second kappa shape index (κ2) is 3.43. The molecular weight excluding hydrogens is 70.0 g/mol. The van der Waals surface area contributed by atoms with Crippen LogP contribution in [-0.2, 0) is 4.84 Å². The summed E-state index contributed by atoms with van der Waals surface area (Å²) < 4.78 is 0. The van der Waals surface area contributed by atoms with E-state index in [2.05, 4.69) is 16.7 Å². The van der Waals surface area contributed by atoms with Crippen molar-refractivity contribution in [3.8, 4) is 0 Å². The first-order valence-electron chi connectivity index (χ1n) is 1.10. The van der Waals surface area contributed by atoms with Gasteiger partial charge in [0.2, 0.25) is 6.79 Å². The maximum Gasteiger partial charge on any atom is 0.214 e. The van der Waals surface area contributed by atoms with Crippen LogP contribution in [0.1, 0.15) is 0 Å². The number of rotatable bonds is 2. The zero-order chi connectivity index (χ0) is 4.12. The van der Waals surface area contributed by atoms with Crippen molar-refractivity contribution in [2.75, 3.05) is 6.79 Å². The van der Waals surface area contributed by atoms with Gasteiger partial charge in [-0.2, -0.15) is 0 Å². The van der Waals surface area contributed by atoms with Crippen LogP contribution < -0.4 is 0 Å². The molecule has 0 bridgehead atoms. The van der Waals surface area contributed by atoms with Gasteiger partial charge in [-0.15, -0.1) is 5.16 Å². The minimum Gasteiger partial charge on any atom is -0.368 e. The molecule has 0 rings (SSSR count). The summed E-state index contributed by atoms with van der Waals surface area (Å²) in [6.07, 6.45) is 0. The quantitative estimate of drug-likeness (QED) is 0.275. The molecule has 0 saturated carbocycles. The van der Waals surface area contributed by atoms with Gasteiger partial charge in [-0.05, 0) is 0 Å². The van der Waals surface area contributed by atoms with Crippen molar-refractivity contribution in [2.24, 2.45) is 5.16 Å². The largest absolute Gasteiger partial charge is 0.368 e. The van der Waals surface area contributed by atoms with Crippen LogP contribution in [0.15, 0.2) is 5.16 Å². The van der Waals surface area contributed by atoms with Crippen molar-refractivity contribution in [1.29, 1.82) is 0 Å². The third kappa shape index (κ3) is 3.43. The molecule has 0 amide bonds. The summed E-state index contributed by atoms with van der Waals surface area (Å²) in [7, 11) is 0. The fourth-order valence-corrected chi connectivity index (χ4v) is 0.0408. The third-order valence-corrected chi connectivity index (χ3v) is 0.149. The van der Waals surface area contributed by atoms with Crippen LogP contribution in [0.2, 0.25) is 0 Å². The lowest BCUT2D eigenvalue weighted by molar-refractivity contribution is 0.00328. The monoisotopic (exact) mass is 75.0 g/mol. The van der Waals surface area contributed by atoms with Gasteiger partial charge in [-0.25, -0.2) is 0 Å². The molecule has 0 aromatic rings. The van der Waals surface area contributed by atoms with Gasteiger partial charge in [0.05, 0.1) is 0 Å². The van der Waals surface area contributed by atoms with E-state index in [9.17, 15) is 0 Å². The Kier molecular flexibility index (Phi) is 3.04. The van der Waals surface area contributed by atoms with E-state index < -0.39 is 0 Å². The maximum absolute atomic E-state index is 7.71. The molecule has 0 aromatic carbocycles. The number of aliphatic hydroxyl groups excluding tert-OH is 1. The normalized spacial score (nSPS) is 6.60. The Morgan fingerprint density at radius 2 is 2.60 bits per heavy atom. The van der Waals surface area contributed by atoms with Gasteiger partial charge in [0.25, 0.3) is 0 Å². The lowest BCUT2D eigenvalue weighted by Crippen LogP contribution is -1.78. The zero-order valence-electron chi connectivity index (χ0n) is 2.72. The van der Waals surface area contributed by atoms with Crippen molar-refractivity contribution >= 4 is 6.72 Å². The molecule has 0 unspecified atom stereocenters. The molecule has 0 aliphatic carbocycles. The van der Waals surface area contributed by atoms with Crippen molar-refractivity contribution in [2.45, 2.75) is 0 Å². The van der Waals surface area contributed by atoms with E-state index in [0.29, 0.717) is 0 Å². The highest BCUT2D eigenvalue weighted by atomic mass is 16.7. The van der Waals surface area contributed by atoms with E-state index in [4.69, 9.17) is 5.11 Å². The second-order valence-electron chi connectivity index (χ2n) is 0.387. The molecule has 0 saturated heterocycles. The Morgan fingerprint density at radius 1 is 2.00 bits per heavy atom. The van der Waals surface area contributed by atoms with Crippen LogP contribution >= 0.6 is 0 Å². The highest BCUT2D eigenvalue weighted by molar-refractivity contribution is 5.21. The molecule has 0 heterocycles. The molecule has 0 aromatic heterocycles. The van der Waals surface area contributed by atoms with Gasteiger partial charge in [0.1, 0.15) is 0 Å². The SMILES string of the molecule is C=NOCO. The lowest BCUT2D eigenvalue weighted by atomic mass is 11.5. The van der Waals surface area contributed by atoms with E-state index in [1.54, 1.807) is 0 Å². The molecule has 0 fully saturated rings. The Labute approximate surface area is 29.9 Å². The highest BCUT2D eigenvalue weighted by Crippen LogP contribution is 1.60. The van der Waals surface area contributed by atoms with Crippen LogP contribution in [0.4, 0.5) is 0 Å². The molecule has 3 nitrogen and oxygen atoms in total. The maximum atomic E-state index is 7.71. The summed E-state index contributed by atoms with van der Waals surface area (Å²) >= 11 is 0. The van der Waals surface area contributed by atoms with Gasteiger partial charge >= 0.3 is 0 Å². The summed E-state index contributed by atoms with van der Waals surface area (Å²) in [6, 6.07) is 0. The molecule has 0 aliphatic rings. The van der Waals surface area contributed by atoms with Crippen LogP contribution in [0, 0.1) is 0 Å². The number of aliphatic hydroxyl groups is 1. The molecule has 0 aliphatic heterocycles. The summed E-state index contributed by atoms with van der Waals surface area (Å²) in [6.45, 7) is 2.53.